The number of methoxy groups -OCH3 is 1. The van der Waals surface area contributed by atoms with Crippen LogP contribution in [0.4, 0.5) is 0 Å². The lowest BCUT2D eigenvalue weighted by atomic mass is 9.96. The van der Waals surface area contributed by atoms with E-state index in [0.29, 0.717) is 19.6 Å². The van der Waals surface area contributed by atoms with Crippen molar-refractivity contribution in [1.29, 1.82) is 0 Å². The fourth-order valence-corrected chi connectivity index (χ4v) is 2.45. The highest BCUT2D eigenvalue weighted by molar-refractivity contribution is 5.44. The van der Waals surface area contributed by atoms with Gasteiger partial charge in [0.15, 0.2) is 6.29 Å². The highest BCUT2D eigenvalue weighted by Crippen LogP contribution is 2.32. The van der Waals surface area contributed by atoms with Crippen LogP contribution in [0.2, 0.25) is 0 Å². The summed E-state index contributed by atoms with van der Waals surface area (Å²) in [6.45, 7) is 5.41. The van der Waals surface area contributed by atoms with Gasteiger partial charge in [0.25, 0.3) is 0 Å². The first kappa shape index (κ1) is 13.3. The van der Waals surface area contributed by atoms with Crippen molar-refractivity contribution >= 4 is 0 Å². The van der Waals surface area contributed by atoms with Gasteiger partial charge in [-0.15, -0.1) is 0 Å². The summed E-state index contributed by atoms with van der Waals surface area (Å²) in [5.41, 5.74) is 9.63. The molecule has 18 heavy (non-hydrogen) atoms. The van der Waals surface area contributed by atoms with Crippen LogP contribution in [-0.4, -0.2) is 26.6 Å². The Kier molecular flexibility index (Phi) is 4.22. The maximum atomic E-state index is 6.26. The summed E-state index contributed by atoms with van der Waals surface area (Å²) in [4.78, 5) is 0. The zero-order valence-electron chi connectivity index (χ0n) is 11.2. The van der Waals surface area contributed by atoms with Crippen LogP contribution in [0.15, 0.2) is 12.1 Å². The zero-order valence-corrected chi connectivity index (χ0v) is 11.2. The van der Waals surface area contributed by atoms with E-state index in [9.17, 15) is 0 Å². The molecule has 0 aliphatic carbocycles. The Bertz CT molecular complexity index is 414. The number of nitrogens with two attached hydrogens (primary N) is 1. The summed E-state index contributed by atoms with van der Waals surface area (Å²) >= 11 is 0. The lowest BCUT2D eigenvalue weighted by Crippen LogP contribution is -2.21. The summed E-state index contributed by atoms with van der Waals surface area (Å²) in [6, 6.07) is 4.00. The van der Waals surface area contributed by atoms with Crippen LogP contribution in [0.1, 0.15) is 29.2 Å². The molecule has 1 fully saturated rings. The van der Waals surface area contributed by atoms with Gasteiger partial charge in [0.05, 0.1) is 20.3 Å². The molecular formula is C14H21NO3. The average molecular weight is 251 g/mol. The maximum absolute atomic E-state index is 6.26. The molecule has 0 aromatic heterocycles. The molecule has 0 saturated carbocycles. The van der Waals surface area contributed by atoms with Gasteiger partial charge >= 0.3 is 0 Å². The number of hydrogen-bond donors (Lipinski definition) is 1. The van der Waals surface area contributed by atoms with Gasteiger partial charge in [0, 0.05) is 18.0 Å². The highest BCUT2D eigenvalue weighted by atomic mass is 16.7. The van der Waals surface area contributed by atoms with Crippen molar-refractivity contribution in [2.45, 2.75) is 32.6 Å². The molecule has 100 valence electrons. The minimum absolute atomic E-state index is 0.136. The van der Waals surface area contributed by atoms with E-state index in [2.05, 4.69) is 13.0 Å². The fraction of sp³-hybridized carbons (Fsp3) is 0.571. The van der Waals surface area contributed by atoms with Gasteiger partial charge in [-0.05, 0) is 31.0 Å². The SMILES string of the molecule is COc1cc(C)cc(C)c1C(N)CC1OCCO1. The number of rotatable bonds is 4. The van der Waals surface area contributed by atoms with Gasteiger partial charge in [-0.1, -0.05) is 6.07 Å². The molecule has 0 amide bonds. The van der Waals surface area contributed by atoms with Gasteiger partial charge in [-0.25, -0.2) is 0 Å². The van der Waals surface area contributed by atoms with Crippen molar-refractivity contribution in [2.24, 2.45) is 5.73 Å². The van der Waals surface area contributed by atoms with E-state index in [1.54, 1.807) is 7.11 Å². The summed E-state index contributed by atoms with van der Waals surface area (Å²) in [7, 11) is 1.67. The molecule has 2 N–H and O–H groups in total. The number of hydrogen-bond acceptors (Lipinski definition) is 4. The van der Waals surface area contributed by atoms with Crippen LogP contribution in [0.5, 0.6) is 5.75 Å². The smallest absolute Gasteiger partial charge is 0.159 e. The third-order valence-corrected chi connectivity index (χ3v) is 3.22. The molecule has 2 rings (SSSR count). The molecule has 0 bridgehead atoms. The van der Waals surface area contributed by atoms with Crippen molar-refractivity contribution in [2.75, 3.05) is 20.3 Å². The van der Waals surface area contributed by atoms with E-state index >= 15 is 0 Å². The molecule has 1 aromatic rings. The van der Waals surface area contributed by atoms with Crippen molar-refractivity contribution in [3.8, 4) is 5.75 Å². The summed E-state index contributed by atoms with van der Waals surface area (Å²) in [6.07, 6.45) is 0.464. The predicted molar refractivity (Wildman–Crippen MR) is 69.7 cm³/mol. The lowest BCUT2D eigenvalue weighted by molar-refractivity contribution is -0.0508. The minimum atomic E-state index is -0.189. The quantitative estimate of drug-likeness (QED) is 0.890. The zero-order chi connectivity index (χ0) is 13.1. The molecule has 1 aliphatic rings. The first-order valence-electron chi connectivity index (χ1n) is 6.25. The van der Waals surface area contributed by atoms with E-state index in [1.807, 2.05) is 13.0 Å². The van der Waals surface area contributed by atoms with Crippen LogP contribution < -0.4 is 10.5 Å². The first-order valence-corrected chi connectivity index (χ1v) is 6.25. The Labute approximate surface area is 108 Å². The molecule has 1 heterocycles. The molecule has 1 saturated heterocycles. The molecular weight excluding hydrogens is 230 g/mol. The topological polar surface area (TPSA) is 53.7 Å². The van der Waals surface area contributed by atoms with Crippen LogP contribution in [0, 0.1) is 13.8 Å². The third-order valence-electron chi connectivity index (χ3n) is 3.22. The molecule has 0 radical (unpaired) electrons. The van der Waals surface area contributed by atoms with Crippen LogP contribution in [0.3, 0.4) is 0 Å². The normalized spacial score (nSPS) is 18.0. The lowest BCUT2D eigenvalue weighted by Gasteiger charge is -2.21. The van der Waals surface area contributed by atoms with Crippen LogP contribution >= 0.6 is 0 Å². The molecule has 4 nitrogen and oxygen atoms in total. The van der Waals surface area contributed by atoms with Crippen molar-refractivity contribution in [3.63, 3.8) is 0 Å². The van der Waals surface area contributed by atoms with E-state index < -0.39 is 0 Å². The van der Waals surface area contributed by atoms with E-state index in [1.165, 1.54) is 5.56 Å². The molecule has 1 aliphatic heterocycles. The Morgan fingerprint density at radius 1 is 1.33 bits per heavy atom. The van der Waals surface area contributed by atoms with Gasteiger partial charge in [0.1, 0.15) is 5.75 Å². The van der Waals surface area contributed by atoms with Gasteiger partial charge < -0.3 is 19.9 Å². The second-order valence-electron chi connectivity index (χ2n) is 4.71. The Balaban J connectivity index is 2.20. The van der Waals surface area contributed by atoms with Gasteiger partial charge in [-0.3, -0.25) is 0 Å². The number of ether oxygens (including phenoxy) is 3. The number of aryl methyl sites for hydroxylation is 2. The third kappa shape index (κ3) is 2.83. The fourth-order valence-electron chi connectivity index (χ4n) is 2.45. The molecule has 1 atom stereocenters. The monoisotopic (exact) mass is 251 g/mol. The Morgan fingerprint density at radius 3 is 2.61 bits per heavy atom. The van der Waals surface area contributed by atoms with Crippen molar-refractivity contribution < 1.29 is 14.2 Å². The molecule has 4 heteroatoms. The second kappa shape index (κ2) is 5.69. The minimum Gasteiger partial charge on any atom is -0.496 e. The van der Waals surface area contributed by atoms with E-state index in [4.69, 9.17) is 19.9 Å². The Hall–Kier alpha value is -1.10. The molecule has 0 spiro atoms. The predicted octanol–water partition coefficient (Wildman–Crippen LogP) is 2.07. The van der Waals surface area contributed by atoms with Crippen LogP contribution in [0.25, 0.3) is 0 Å². The molecule has 1 unspecified atom stereocenters. The van der Waals surface area contributed by atoms with E-state index in [-0.39, 0.29) is 12.3 Å². The standard InChI is InChI=1S/C14H21NO3/c1-9-6-10(2)14(12(7-9)16-3)11(15)8-13-17-4-5-18-13/h6-7,11,13H,4-5,8,15H2,1-3H3. The Morgan fingerprint density at radius 2 is 2.00 bits per heavy atom. The maximum Gasteiger partial charge on any atom is 0.159 e. The second-order valence-corrected chi connectivity index (χ2v) is 4.71. The summed E-state index contributed by atoms with van der Waals surface area (Å²) in [5, 5.41) is 0. The largest absolute Gasteiger partial charge is 0.496 e. The summed E-state index contributed by atoms with van der Waals surface area (Å²) < 4.78 is 16.3. The highest BCUT2D eigenvalue weighted by Gasteiger charge is 2.23. The first-order chi connectivity index (χ1) is 8.61. The summed E-state index contributed by atoms with van der Waals surface area (Å²) in [5.74, 6) is 0.845. The van der Waals surface area contributed by atoms with Gasteiger partial charge in [0.2, 0.25) is 0 Å². The van der Waals surface area contributed by atoms with E-state index in [0.717, 1.165) is 16.9 Å². The molecule has 1 aromatic carbocycles. The van der Waals surface area contributed by atoms with Crippen LogP contribution in [-0.2, 0) is 9.47 Å². The number of benzene rings is 1. The van der Waals surface area contributed by atoms with Gasteiger partial charge in [-0.2, -0.15) is 0 Å². The van der Waals surface area contributed by atoms with Crippen molar-refractivity contribution in [3.05, 3.63) is 28.8 Å². The average Bonchev–Trinajstić information content (AvgIpc) is 2.80. The van der Waals surface area contributed by atoms with Crippen molar-refractivity contribution in [1.82, 2.24) is 0 Å².